The number of aryl methyl sites for hydroxylation is 1. The Kier molecular flexibility index (Phi) is 10.8. The first kappa shape index (κ1) is 26.9. The van der Waals surface area contributed by atoms with Crippen molar-refractivity contribution in [1.29, 1.82) is 5.26 Å². The van der Waals surface area contributed by atoms with E-state index in [4.69, 9.17) is 4.74 Å². The van der Waals surface area contributed by atoms with Crippen molar-refractivity contribution in [2.75, 3.05) is 0 Å². The predicted molar refractivity (Wildman–Crippen MR) is 142 cm³/mol. The first-order valence-electron chi connectivity index (χ1n) is 13.8. The highest BCUT2D eigenvalue weighted by Gasteiger charge is 2.37. The lowest BCUT2D eigenvalue weighted by Crippen LogP contribution is -2.31. The lowest BCUT2D eigenvalue weighted by molar-refractivity contribution is -0.140. The average molecular weight is 475 g/mol. The Hall–Kier alpha value is -2.67. The van der Waals surface area contributed by atoms with E-state index >= 15 is 0 Å². The van der Waals surface area contributed by atoms with E-state index in [9.17, 15) is 10.1 Å². The first-order valence-corrected chi connectivity index (χ1v) is 13.8. The Morgan fingerprint density at radius 3 is 2.26 bits per heavy atom. The molecule has 0 N–H and O–H groups in total. The number of aromatic nitrogens is 1. The summed E-state index contributed by atoms with van der Waals surface area (Å²) in [5.41, 5.74) is 2.93. The van der Waals surface area contributed by atoms with E-state index in [-0.39, 0.29) is 17.3 Å². The highest BCUT2D eigenvalue weighted by Crippen LogP contribution is 2.43. The molecular formula is C31H42N2O2. The minimum absolute atomic E-state index is 0.113. The average Bonchev–Trinajstić information content (AvgIpc) is 2.89. The summed E-state index contributed by atoms with van der Waals surface area (Å²) in [6.07, 6.45) is 17.0. The fraction of sp³-hybridized carbons (Fsp3) is 0.581. The zero-order chi connectivity index (χ0) is 24.9. The Morgan fingerprint density at radius 1 is 0.971 bits per heavy atom. The second kappa shape index (κ2) is 14.0. The van der Waals surface area contributed by atoms with Crippen LogP contribution in [0.3, 0.4) is 0 Å². The van der Waals surface area contributed by atoms with Gasteiger partial charge < -0.3 is 4.74 Å². The van der Waals surface area contributed by atoms with Gasteiger partial charge in [0.2, 0.25) is 0 Å². The van der Waals surface area contributed by atoms with Crippen LogP contribution in [0.1, 0.15) is 103 Å². The monoisotopic (exact) mass is 474 g/mol. The fourth-order valence-electron chi connectivity index (χ4n) is 5.17. The Morgan fingerprint density at radius 2 is 1.66 bits per heavy atom. The molecule has 0 spiro atoms. The number of nitrogens with zero attached hydrogens (tertiary/aromatic N) is 2. The number of carbonyl (C=O) groups is 1. The summed E-state index contributed by atoms with van der Waals surface area (Å²) in [6, 6.07) is 14.4. The predicted octanol–water partition coefficient (Wildman–Crippen LogP) is 8.45. The van der Waals surface area contributed by atoms with Crippen molar-refractivity contribution in [2.45, 2.75) is 104 Å². The summed E-state index contributed by atoms with van der Waals surface area (Å²) in [6.45, 7) is 4.41. The molecule has 0 amide bonds. The van der Waals surface area contributed by atoms with Gasteiger partial charge in [-0.25, -0.2) is 0 Å². The Bertz CT molecular complexity index is 935. The summed E-state index contributed by atoms with van der Waals surface area (Å²) >= 11 is 0. The van der Waals surface area contributed by atoms with E-state index < -0.39 is 0 Å². The number of nitriles is 1. The summed E-state index contributed by atoms with van der Waals surface area (Å²) in [5, 5.41) is 9.86. The van der Waals surface area contributed by atoms with Crippen LogP contribution in [-0.2, 0) is 11.2 Å². The molecule has 0 radical (unpaired) electrons. The smallest absolute Gasteiger partial charge is 0.314 e. The van der Waals surface area contributed by atoms with E-state index in [0.29, 0.717) is 5.75 Å². The quantitative estimate of drug-likeness (QED) is 0.166. The van der Waals surface area contributed by atoms with Crippen molar-refractivity contribution in [3.05, 3.63) is 48.2 Å². The normalized spacial score (nSPS) is 19.7. The molecule has 2 aromatic rings. The molecule has 1 aliphatic carbocycles. The van der Waals surface area contributed by atoms with Gasteiger partial charge in [0.25, 0.3) is 0 Å². The van der Waals surface area contributed by atoms with E-state index in [1.165, 1.54) is 44.1 Å². The molecule has 1 heterocycles. The number of ether oxygens (including phenoxy) is 1. The molecule has 1 aliphatic rings. The summed E-state index contributed by atoms with van der Waals surface area (Å²) < 4.78 is 5.70. The zero-order valence-corrected chi connectivity index (χ0v) is 21.7. The van der Waals surface area contributed by atoms with Crippen LogP contribution >= 0.6 is 0 Å². The SMILES string of the molecule is CCCCCCCCCC1(C#N)CCC(C(=O)Oc2ccc(-c3ccc(CCC)cn3)cc2)CC1. The maximum absolute atomic E-state index is 12.8. The van der Waals surface area contributed by atoms with E-state index in [2.05, 4.69) is 31.0 Å². The van der Waals surface area contributed by atoms with Gasteiger partial charge in [-0.2, -0.15) is 5.26 Å². The number of hydrogen-bond donors (Lipinski definition) is 0. The minimum atomic E-state index is -0.248. The molecule has 1 fully saturated rings. The van der Waals surface area contributed by atoms with Crippen LogP contribution in [0.2, 0.25) is 0 Å². The number of rotatable bonds is 13. The van der Waals surface area contributed by atoms with Gasteiger partial charge in [0.1, 0.15) is 5.75 Å². The standard InChI is InChI=1S/C31H42N2O2/c1-3-5-6-7-8-9-10-20-31(24-32)21-18-27(19-22-31)30(34)35-28-15-13-26(14-16-28)29-17-12-25(11-4-2)23-33-29/h12-17,23,27H,3-11,18-22H2,1-2H3. The third kappa shape index (κ3) is 8.20. The van der Waals surface area contributed by atoms with Gasteiger partial charge in [0, 0.05) is 11.8 Å². The minimum Gasteiger partial charge on any atom is -0.426 e. The van der Waals surface area contributed by atoms with E-state index in [1.54, 1.807) is 0 Å². The number of hydrogen-bond acceptors (Lipinski definition) is 4. The topological polar surface area (TPSA) is 63.0 Å². The molecule has 1 saturated carbocycles. The van der Waals surface area contributed by atoms with Gasteiger partial charge in [-0.15, -0.1) is 0 Å². The van der Waals surface area contributed by atoms with Crippen molar-refractivity contribution >= 4 is 5.97 Å². The highest BCUT2D eigenvalue weighted by atomic mass is 16.5. The molecule has 188 valence electrons. The van der Waals surface area contributed by atoms with Crippen LogP contribution in [0, 0.1) is 22.7 Å². The van der Waals surface area contributed by atoms with E-state index in [1.807, 2.05) is 36.5 Å². The van der Waals surface area contributed by atoms with Crippen molar-refractivity contribution < 1.29 is 9.53 Å². The van der Waals surface area contributed by atoms with Crippen LogP contribution in [0.5, 0.6) is 5.75 Å². The summed E-state index contributed by atoms with van der Waals surface area (Å²) in [4.78, 5) is 17.4. The number of benzene rings is 1. The molecule has 0 atom stereocenters. The number of unbranched alkanes of at least 4 members (excludes halogenated alkanes) is 6. The van der Waals surface area contributed by atoms with Gasteiger partial charge in [0.15, 0.2) is 0 Å². The second-order valence-corrected chi connectivity index (χ2v) is 10.3. The molecule has 4 heteroatoms. The summed E-state index contributed by atoms with van der Waals surface area (Å²) in [5.74, 6) is 0.293. The lowest BCUT2D eigenvalue weighted by Gasteiger charge is -2.34. The van der Waals surface area contributed by atoms with Crippen LogP contribution in [0.25, 0.3) is 11.3 Å². The Balaban J connectivity index is 1.44. The van der Waals surface area contributed by atoms with Gasteiger partial charge in [0.05, 0.1) is 23.1 Å². The van der Waals surface area contributed by atoms with Crippen molar-refractivity contribution in [2.24, 2.45) is 11.3 Å². The van der Waals surface area contributed by atoms with Crippen molar-refractivity contribution in [3.63, 3.8) is 0 Å². The van der Waals surface area contributed by atoms with Crippen LogP contribution in [-0.4, -0.2) is 11.0 Å². The van der Waals surface area contributed by atoms with Crippen LogP contribution in [0.15, 0.2) is 42.6 Å². The molecule has 1 aromatic heterocycles. The molecular weight excluding hydrogens is 432 g/mol. The third-order valence-electron chi connectivity index (χ3n) is 7.50. The molecule has 0 aliphatic heterocycles. The molecule has 4 nitrogen and oxygen atoms in total. The lowest BCUT2D eigenvalue weighted by atomic mass is 9.69. The van der Waals surface area contributed by atoms with Crippen LogP contribution < -0.4 is 4.74 Å². The zero-order valence-electron chi connectivity index (χ0n) is 21.7. The second-order valence-electron chi connectivity index (χ2n) is 10.3. The highest BCUT2D eigenvalue weighted by molar-refractivity contribution is 5.75. The maximum atomic E-state index is 12.8. The van der Waals surface area contributed by atoms with Gasteiger partial charge in [-0.05, 0) is 74.4 Å². The maximum Gasteiger partial charge on any atom is 0.314 e. The third-order valence-corrected chi connectivity index (χ3v) is 7.50. The van der Waals surface area contributed by atoms with E-state index in [0.717, 1.165) is 62.6 Å². The Labute approximate surface area is 212 Å². The van der Waals surface area contributed by atoms with Crippen molar-refractivity contribution in [1.82, 2.24) is 4.98 Å². The largest absolute Gasteiger partial charge is 0.426 e. The fourth-order valence-corrected chi connectivity index (χ4v) is 5.17. The first-order chi connectivity index (χ1) is 17.1. The van der Waals surface area contributed by atoms with Gasteiger partial charge >= 0.3 is 5.97 Å². The van der Waals surface area contributed by atoms with Gasteiger partial charge in [-0.1, -0.05) is 71.3 Å². The number of pyridine rings is 1. The molecule has 0 unspecified atom stereocenters. The number of carbonyl (C=O) groups excluding carboxylic acids is 1. The molecule has 3 rings (SSSR count). The molecule has 0 bridgehead atoms. The number of esters is 1. The molecule has 35 heavy (non-hydrogen) atoms. The summed E-state index contributed by atoms with van der Waals surface area (Å²) in [7, 11) is 0. The molecule has 0 saturated heterocycles. The van der Waals surface area contributed by atoms with Gasteiger partial charge in [-0.3, -0.25) is 9.78 Å². The molecule has 1 aromatic carbocycles. The van der Waals surface area contributed by atoms with Crippen LogP contribution in [0.4, 0.5) is 0 Å². The van der Waals surface area contributed by atoms with Crippen molar-refractivity contribution in [3.8, 4) is 23.1 Å².